The van der Waals surface area contributed by atoms with E-state index < -0.39 is 36.5 Å². The predicted molar refractivity (Wildman–Crippen MR) is 47.5 cm³/mol. The van der Waals surface area contributed by atoms with Gasteiger partial charge in [-0.3, -0.25) is 0 Å². The third-order valence-electron chi connectivity index (χ3n) is 2.21. The van der Waals surface area contributed by atoms with E-state index in [9.17, 15) is 20.1 Å². The van der Waals surface area contributed by atoms with Gasteiger partial charge in [-0.1, -0.05) is 5.92 Å². The molecule has 0 radical (unpaired) electrons. The maximum atomic E-state index is 11.1. The number of carbonyl (C=O) groups excluding carboxylic acids is 1. The van der Waals surface area contributed by atoms with Crippen molar-refractivity contribution in [3.05, 3.63) is 0 Å². The van der Waals surface area contributed by atoms with Crippen molar-refractivity contribution in [3.8, 4) is 12.3 Å². The molecule has 0 unspecified atom stereocenters. The molecule has 84 valence electrons. The van der Waals surface area contributed by atoms with Crippen LogP contribution < -0.4 is 0 Å². The standard InChI is InChI=1S/C9H12O6/c1-3-4-5(10)6(11)7(12)8(15-4)9(13)14-2/h1,4-8,10-12H,2H3/t4-,5-,6+,7-,8-/m0/s1. The van der Waals surface area contributed by atoms with Crippen LogP contribution in [-0.2, 0) is 14.3 Å². The first kappa shape index (κ1) is 11.9. The lowest BCUT2D eigenvalue weighted by atomic mass is 9.95. The van der Waals surface area contributed by atoms with E-state index in [1.54, 1.807) is 0 Å². The van der Waals surface area contributed by atoms with Crippen molar-refractivity contribution in [3.63, 3.8) is 0 Å². The number of methoxy groups -OCH3 is 1. The maximum Gasteiger partial charge on any atom is 0.337 e. The highest BCUT2D eigenvalue weighted by Gasteiger charge is 2.46. The van der Waals surface area contributed by atoms with E-state index in [0.717, 1.165) is 7.11 Å². The number of rotatable bonds is 1. The van der Waals surface area contributed by atoms with Crippen LogP contribution in [-0.4, -0.2) is 58.9 Å². The molecule has 15 heavy (non-hydrogen) atoms. The summed E-state index contributed by atoms with van der Waals surface area (Å²) in [5.41, 5.74) is 0. The highest BCUT2D eigenvalue weighted by Crippen LogP contribution is 2.21. The zero-order valence-electron chi connectivity index (χ0n) is 8.03. The van der Waals surface area contributed by atoms with Crippen LogP contribution in [0.25, 0.3) is 0 Å². The Bertz CT molecular complexity index is 283. The monoisotopic (exact) mass is 216 g/mol. The second kappa shape index (κ2) is 4.59. The van der Waals surface area contributed by atoms with Gasteiger partial charge in [-0.15, -0.1) is 6.42 Å². The molecule has 1 aliphatic heterocycles. The summed E-state index contributed by atoms with van der Waals surface area (Å²) >= 11 is 0. The fourth-order valence-electron chi connectivity index (χ4n) is 1.33. The Kier molecular flexibility index (Phi) is 3.66. The molecule has 0 amide bonds. The molecule has 0 spiro atoms. The Balaban J connectivity index is 2.84. The molecule has 0 aromatic carbocycles. The van der Waals surface area contributed by atoms with E-state index in [2.05, 4.69) is 10.7 Å². The molecule has 0 aliphatic carbocycles. The largest absolute Gasteiger partial charge is 0.467 e. The summed E-state index contributed by atoms with van der Waals surface area (Å²) in [6.45, 7) is 0. The summed E-state index contributed by atoms with van der Waals surface area (Å²) in [5, 5.41) is 28.1. The first-order valence-corrected chi connectivity index (χ1v) is 4.26. The van der Waals surface area contributed by atoms with Crippen molar-refractivity contribution in [2.24, 2.45) is 0 Å². The molecule has 1 rings (SSSR count). The topological polar surface area (TPSA) is 96.2 Å². The van der Waals surface area contributed by atoms with Gasteiger partial charge in [-0.2, -0.15) is 0 Å². The van der Waals surface area contributed by atoms with E-state index in [0.29, 0.717) is 0 Å². The molecule has 6 heteroatoms. The molecule has 3 N–H and O–H groups in total. The molecule has 1 saturated heterocycles. The zero-order valence-corrected chi connectivity index (χ0v) is 8.03. The van der Waals surface area contributed by atoms with Crippen molar-refractivity contribution in [2.45, 2.75) is 30.5 Å². The average Bonchev–Trinajstić information content (AvgIpc) is 2.25. The van der Waals surface area contributed by atoms with E-state index in [-0.39, 0.29) is 0 Å². The Morgan fingerprint density at radius 1 is 1.33 bits per heavy atom. The van der Waals surface area contributed by atoms with Gasteiger partial charge in [0.2, 0.25) is 0 Å². The third-order valence-corrected chi connectivity index (χ3v) is 2.21. The normalized spacial score (nSPS) is 40.6. The third kappa shape index (κ3) is 2.11. The van der Waals surface area contributed by atoms with Crippen molar-refractivity contribution >= 4 is 5.97 Å². The summed E-state index contributed by atoms with van der Waals surface area (Å²) in [6.07, 6.45) is -2.02. The molecule has 5 atom stereocenters. The summed E-state index contributed by atoms with van der Waals surface area (Å²) in [6, 6.07) is 0. The zero-order chi connectivity index (χ0) is 11.6. The van der Waals surface area contributed by atoms with Gasteiger partial charge in [-0.25, -0.2) is 4.79 Å². The number of esters is 1. The number of aliphatic hydroxyl groups is 3. The summed E-state index contributed by atoms with van der Waals surface area (Å²) in [7, 11) is 1.11. The Hall–Kier alpha value is -1.13. The number of hydrogen-bond acceptors (Lipinski definition) is 6. The highest BCUT2D eigenvalue weighted by molar-refractivity contribution is 5.75. The van der Waals surface area contributed by atoms with Crippen molar-refractivity contribution in [1.29, 1.82) is 0 Å². The van der Waals surface area contributed by atoms with Crippen LogP contribution >= 0.6 is 0 Å². The Morgan fingerprint density at radius 3 is 2.40 bits per heavy atom. The van der Waals surface area contributed by atoms with E-state index >= 15 is 0 Å². The maximum absolute atomic E-state index is 11.1. The van der Waals surface area contributed by atoms with Crippen LogP contribution in [0.3, 0.4) is 0 Å². The van der Waals surface area contributed by atoms with Gasteiger partial charge in [0.05, 0.1) is 7.11 Å². The van der Waals surface area contributed by atoms with Crippen LogP contribution in [0, 0.1) is 12.3 Å². The lowest BCUT2D eigenvalue weighted by Gasteiger charge is -2.37. The fraction of sp³-hybridized carbons (Fsp3) is 0.667. The lowest BCUT2D eigenvalue weighted by Crippen LogP contribution is -2.59. The first-order chi connectivity index (χ1) is 7.02. The Labute approximate surface area is 86.4 Å². The fourth-order valence-corrected chi connectivity index (χ4v) is 1.33. The minimum absolute atomic E-state index is 0.853. The van der Waals surface area contributed by atoms with Crippen LogP contribution in [0.2, 0.25) is 0 Å². The van der Waals surface area contributed by atoms with Crippen LogP contribution in [0.4, 0.5) is 0 Å². The SMILES string of the molecule is C#C[C@@H]1O[C@H](C(=O)OC)[C@@H](O)[C@H](O)[C@H]1O. The van der Waals surface area contributed by atoms with Crippen LogP contribution in [0.5, 0.6) is 0 Å². The molecule has 0 aromatic heterocycles. The number of aliphatic hydroxyl groups excluding tert-OH is 3. The quantitative estimate of drug-likeness (QED) is 0.335. The molecule has 1 heterocycles. The van der Waals surface area contributed by atoms with E-state index in [4.69, 9.17) is 11.2 Å². The molecular weight excluding hydrogens is 204 g/mol. The van der Waals surface area contributed by atoms with Gasteiger partial charge in [-0.05, 0) is 0 Å². The molecule has 6 nitrogen and oxygen atoms in total. The Morgan fingerprint density at radius 2 is 1.93 bits per heavy atom. The van der Waals surface area contributed by atoms with Gasteiger partial charge in [0.1, 0.15) is 24.4 Å². The molecule has 1 aliphatic rings. The number of hydrogen-bond donors (Lipinski definition) is 3. The van der Waals surface area contributed by atoms with Crippen molar-refractivity contribution < 1.29 is 29.6 Å². The second-order valence-corrected chi connectivity index (χ2v) is 3.14. The van der Waals surface area contributed by atoms with Crippen LogP contribution in [0.15, 0.2) is 0 Å². The minimum Gasteiger partial charge on any atom is -0.467 e. The molecule has 0 bridgehead atoms. The predicted octanol–water partition coefficient (Wildman–Crippen LogP) is -2.36. The summed E-state index contributed by atoms with van der Waals surface area (Å²) < 4.78 is 9.26. The van der Waals surface area contributed by atoms with Gasteiger partial charge in [0.15, 0.2) is 6.10 Å². The number of ether oxygens (including phenoxy) is 2. The van der Waals surface area contributed by atoms with E-state index in [1.165, 1.54) is 0 Å². The van der Waals surface area contributed by atoms with Gasteiger partial charge in [0, 0.05) is 0 Å². The smallest absolute Gasteiger partial charge is 0.337 e. The first-order valence-electron chi connectivity index (χ1n) is 4.26. The molecule has 1 fully saturated rings. The highest BCUT2D eigenvalue weighted by atomic mass is 16.6. The molecular formula is C9H12O6. The van der Waals surface area contributed by atoms with Crippen molar-refractivity contribution in [1.82, 2.24) is 0 Å². The average molecular weight is 216 g/mol. The van der Waals surface area contributed by atoms with E-state index in [1.807, 2.05) is 0 Å². The van der Waals surface area contributed by atoms with Gasteiger partial charge >= 0.3 is 5.97 Å². The summed E-state index contributed by atoms with van der Waals surface area (Å²) in [5.74, 6) is 1.21. The molecule has 0 saturated carbocycles. The summed E-state index contributed by atoms with van der Waals surface area (Å²) in [4.78, 5) is 11.1. The molecule has 0 aromatic rings. The second-order valence-electron chi connectivity index (χ2n) is 3.14. The lowest BCUT2D eigenvalue weighted by molar-refractivity contribution is -0.217. The number of terminal acetylenes is 1. The van der Waals surface area contributed by atoms with Crippen molar-refractivity contribution in [2.75, 3.05) is 7.11 Å². The van der Waals surface area contributed by atoms with Gasteiger partial charge < -0.3 is 24.8 Å². The minimum atomic E-state index is -1.56. The number of carbonyl (C=O) groups is 1. The van der Waals surface area contributed by atoms with Gasteiger partial charge in [0.25, 0.3) is 0 Å². The van der Waals surface area contributed by atoms with Crippen LogP contribution in [0.1, 0.15) is 0 Å².